The van der Waals surface area contributed by atoms with Gasteiger partial charge in [0.1, 0.15) is 0 Å². The third-order valence-corrected chi connectivity index (χ3v) is 7.87. The molecule has 2 amide bonds. The molecule has 0 aliphatic carbocycles. The molecule has 0 saturated carbocycles. The van der Waals surface area contributed by atoms with Crippen LogP contribution in [0.1, 0.15) is 57.2 Å². The van der Waals surface area contributed by atoms with E-state index < -0.39 is 0 Å². The number of nitrogens with zero attached hydrogens (tertiary/aromatic N) is 4. The molecule has 1 aromatic heterocycles. The van der Waals surface area contributed by atoms with Crippen LogP contribution in [0.25, 0.3) is 0 Å². The highest BCUT2D eigenvalue weighted by Gasteiger charge is 2.37. The first-order valence-electron chi connectivity index (χ1n) is 12.8. The quantitative estimate of drug-likeness (QED) is 0.584. The Morgan fingerprint density at radius 1 is 1.03 bits per heavy atom. The maximum Gasteiger partial charge on any atom is 0.223 e. The number of hydrogen-bond donors (Lipinski definition) is 0. The van der Waals surface area contributed by atoms with Gasteiger partial charge in [0.05, 0.1) is 6.04 Å². The number of piperazine rings is 1. The molecule has 0 bridgehead atoms. The van der Waals surface area contributed by atoms with Gasteiger partial charge in [0.25, 0.3) is 0 Å². The first-order valence-corrected chi connectivity index (χ1v) is 13.2. The van der Waals surface area contributed by atoms with Crippen molar-refractivity contribution < 1.29 is 9.59 Å². The zero-order valence-electron chi connectivity index (χ0n) is 21.1. The van der Waals surface area contributed by atoms with Crippen LogP contribution in [-0.4, -0.2) is 70.3 Å². The molecule has 2 atom stereocenters. The summed E-state index contributed by atoms with van der Waals surface area (Å²) in [5, 5.41) is 0.725. The number of benzene rings is 1. The minimum Gasteiger partial charge on any atom is -0.343 e. The van der Waals surface area contributed by atoms with Gasteiger partial charge in [-0.2, -0.15) is 0 Å². The highest BCUT2D eigenvalue weighted by molar-refractivity contribution is 6.30. The smallest absolute Gasteiger partial charge is 0.223 e. The first-order chi connectivity index (χ1) is 16.8. The summed E-state index contributed by atoms with van der Waals surface area (Å²) in [4.78, 5) is 36.0. The molecule has 0 N–H and O–H groups in total. The summed E-state index contributed by atoms with van der Waals surface area (Å²) >= 11 is 6.18. The van der Waals surface area contributed by atoms with Crippen molar-refractivity contribution in [1.29, 1.82) is 0 Å². The molecule has 1 aromatic carbocycles. The molecular weight excluding hydrogens is 460 g/mol. The van der Waals surface area contributed by atoms with Crippen molar-refractivity contribution >= 4 is 23.4 Å². The average molecular weight is 497 g/mol. The monoisotopic (exact) mass is 496 g/mol. The fourth-order valence-electron chi connectivity index (χ4n) is 5.56. The van der Waals surface area contributed by atoms with Crippen molar-refractivity contribution in [2.75, 3.05) is 32.7 Å². The van der Waals surface area contributed by atoms with E-state index in [1.54, 1.807) is 13.1 Å². The Labute approximate surface area is 214 Å². The Morgan fingerprint density at radius 2 is 1.74 bits per heavy atom. The fourth-order valence-corrected chi connectivity index (χ4v) is 5.69. The summed E-state index contributed by atoms with van der Waals surface area (Å²) in [6.45, 7) is 9.92. The molecule has 188 valence electrons. The molecule has 35 heavy (non-hydrogen) atoms. The maximum absolute atomic E-state index is 13.5. The minimum absolute atomic E-state index is 0.0652. The minimum atomic E-state index is 0.0652. The molecule has 0 spiro atoms. The summed E-state index contributed by atoms with van der Waals surface area (Å²) in [5.41, 5.74) is 2.33. The van der Waals surface area contributed by atoms with Gasteiger partial charge in [0, 0.05) is 69.5 Å². The number of rotatable bonds is 6. The van der Waals surface area contributed by atoms with Crippen LogP contribution in [0.2, 0.25) is 5.02 Å². The summed E-state index contributed by atoms with van der Waals surface area (Å²) in [5.74, 6) is 1.10. The largest absolute Gasteiger partial charge is 0.343 e. The van der Waals surface area contributed by atoms with Gasteiger partial charge in [0.15, 0.2) is 0 Å². The van der Waals surface area contributed by atoms with Crippen molar-refractivity contribution in [2.24, 2.45) is 11.8 Å². The van der Waals surface area contributed by atoms with E-state index in [9.17, 15) is 9.59 Å². The molecule has 2 aliphatic heterocycles. The number of amides is 2. The first kappa shape index (κ1) is 25.6. The normalized spacial score (nSPS) is 20.8. The topological polar surface area (TPSA) is 56.8 Å². The van der Waals surface area contributed by atoms with Gasteiger partial charge in [-0.15, -0.1) is 0 Å². The SMILES string of the molecule is CC(=O)N1CCC(CC(=O)N2CCN(C(c3ccc(Cl)cc3)c3cccnc3)C[C@@H]2C(C)C)CC1. The number of aromatic nitrogens is 1. The maximum atomic E-state index is 13.5. The van der Waals surface area contributed by atoms with Gasteiger partial charge in [-0.05, 0) is 54.0 Å². The second-order valence-corrected chi connectivity index (χ2v) is 10.7. The van der Waals surface area contributed by atoms with Crippen LogP contribution in [0.15, 0.2) is 48.8 Å². The van der Waals surface area contributed by atoms with Crippen molar-refractivity contribution in [3.63, 3.8) is 0 Å². The van der Waals surface area contributed by atoms with Crippen LogP contribution in [0.5, 0.6) is 0 Å². The van der Waals surface area contributed by atoms with Gasteiger partial charge < -0.3 is 9.80 Å². The molecule has 7 heteroatoms. The van der Waals surface area contributed by atoms with E-state index in [1.165, 1.54) is 5.56 Å². The molecule has 3 heterocycles. The molecule has 6 nitrogen and oxygen atoms in total. The van der Waals surface area contributed by atoms with E-state index in [2.05, 4.69) is 46.8 Å². The van der Waals surface area contributed by atoms with Crippen LogP contribution in [0, 0.1) is 11.8 Å². The van der Waals surface area contributed by atoms with Gasteiger partial charge in [-0.3, -0.25) is 19.5 Å². The van der Waals surface area contributed by atoms with E-state index in [0.29, 0.717) is 18.3 Å². The molecule has 2 aromatic rings. The zero-order valence-corrected chi connectivity index (χ0v) is 21.8. The standard InChI is InChI=1S/C28H37ClN4O2/c1-20(2)26-19-32(28(24-5-4-12-30-18-24)23-6-8-25(29)9-7-23)15-16-33(26)27(35)17-22-10-13-31(14-11-22)21(3)34/h4-9,12,18,20,22,26,28H,10-11,13-17,19H2,1-3H3/t26-,28?/m1/s1. The van der Waals surface area contributed by atoms with Gasteiger partial charge in [0.2, 0.25) is 11.8 Å². The Kier molecular flexibility index (Phi) is 8.45. The number of halogens is 1. The van der Waals surface area contributed by atoms with Gasteiger partial charge >= 0.3 is 0 Å². The predicted octanol–water partition coefficient (Wildman–Crippen LogP) is 4.64. The molecule has 0 radical (unpaired) electrons. The lowest BCUT2D eigenvalue weighted by Gasteiger charge is -2.46. The summed E-state index contributed by atoms with van der Waals surface area (Å²) in [6, 6.07) is 12.4. The Bertz CT molecular complexity index is 990. The highest BCUT2D eigenvalue weighted by Crippen LogP contribution is 2.33. The van der Waals surface area contributed by atoms with Crippen LogP contribution in [0.3, 0.4) is 0 Å². The number of hydrogen-bond acceptors (Lipinski definition) is 4. The number of carbonyl (C=O) groups is 2. The molecule has 2 fully saturated rings. The van der Waals surface area contributed by atoms with E-state index in [1.807, 2.05) is 29.3 Å². The van der Waals surface area contributed by atoms with Gasteiger partial charge in [-0.1, -0.05) is 43.6 Å². The van der Waals surface area contributed by atoms with Crippen molar-refractivity contribution in [1.82, 2.24) is 19.7 Å². The summed E-state index contributed by atoms with van der Waals surface area (Å²) < 4.78 is 0. The van der Waals surface area contributed by atoms with Crippen molar-refractivity contribution in [3.8, 4) is 0 Å². The third-order valence-electron chi connectivity index (χ3n) is 7.61. The number of piperidine rings is 1. The Balaban J connectivity index is 1.48. The average Bonchev–Trinajstić information content (AvgIpc) is 2.86. The number of likely N-dealkylation sites (tertiary alicyclic amines) is 1. The number of pyridine rings is 1. The second-order valence-electron chi connectivity index (χ2n) is 10.3. The van der Waals surface area contributed by atoms with E-state index >= 15 is 0 Å². The van der Waals surface area contributed by atoms with E-state index in [4.69, 9.17) is 11.6 Å². The Morgan fingerprint density at radius 3 is 2.34 bits per heavy atom. The lowest BCUT2D eigenvalue weighted by molar-refractivity contribution is -0.139. The van der Waals surface area contributed by atoms with Gasteiger partial charge in [-0.25, -0.2) is 0 Å². The lowest BCUT2D eigenvalue weighted by Crippen LogP contribution is -2.58. The van der Waals surface area contributed by atoms with Crippen molar-refractivity contribution in [2.45, 2.75) is 52.1 Å². The van der Waals surface area contributed by atoms with Crippen molar-refractivity contribution in [3.05, 3.63) is 64.9 Å². The second kappa shape index (κ2) is 11.5. The summed E-state index contributed by atoms with van der Waals surface area (Å²) in [7, 11) is 0. The highest BCUT2D eigenvalue weighted by atomic mass is 35.5. The molecule has 1 unspecified atom stereocenters. The van der Waals surface area contributed by atoms with Crippen LogP contribution < -0.4 is 0 Å². The lowest BCUT2D eigenvalue weighted by atomic mass is 9.90. The molecule has 2 saturated heterocycles. The van der Waals surface area contributed by atoms with Crippen LogP contribution >= 0.6 is 11.6 Å². The van der Waals surface area contributed by atoms with Crippen LogP contribution in [0.4, 0.5) is 0 Å². The zero-order chi connectivity index (χ0) is 24.9. The molecular formula is C28H37ClN4O2. The van der Waals surface area contributed by atoms with Crippen LogP contribution in [-0.2, 0) is 9.59 Å². The fraction of sp³-hybridized carbons (Fsp3) is 0.536. The van der Waals surface area contributed by atoms with E-state index in [-0.39, 0.29) is 23.9 Å². The number of carbonyl (C=O) groups excluding carboxylic acids is 2. The summed E-state index contributed by atoms with van der Waals surface area (Å²) in [6.07, 6.45) is 6.15. The molecule has 2 aliphatic rings. The third kappa shape index (κ3) is 6.22. The van der Waals surface area contributed by atoms with E-state index in [0.717, 1.165) is 56.2 Å². The predicted molar refractivity (Wildman–Crippen MR) is 139 cm³/mol. The Hall–Kier alpha value is -2.44. The molecule has 4 rings (SSSR count).